The second kappa shape index (κ2) is 3.05. The minimum absolute atomic E-state index is 0.305. The molecule has 0 aliphatic heterocycles. The lowest BCUT2D eigenvalue weighted by molar-refractivity contribution is 0.322. The Balaban J connectivity index is 2.15. The van der Waals surface area contributed by atoms with E-state index in [9.17, 15) is 5.26 Å². The van der Waals surface area contributed by atoms with Crippen LogP contribution in [-0.4, -0.2) is 14.6 Å². The molecule has 1 aliphatic carbocycles. The maximum Gasteiger partial charge on any atom is 0.155 e. The maximum absolute atomic E-state index is 9.26. The summed E-state index contributed by atoms with van der Waals surface area (Å²) in [5.41, 5.74) is 2.48. The van der Waals surface area contributed by atoms with Gasteiger partial charge in [0.1, 0.15) is 0 Å². The largest absolute Gasteiger partial charge is 0.237 e. The lowest BCUT2D eigenvalue weighted by Gasteiger charge is -2.34. The van der Waals surface area contributed by atoms with Crippen LogP contribution in [0.4, 0.5) is 0 Å². The molecule has 0 N–H and O–H groups in total. The predicted molar refractivity (Wildman–Crippen MR) is 58.9 cm³/mol. The van der Waals surface area contributed by atoms with Crippen molar-refractivity contribution in [2.45, 2.75) is 31.6 Å². The molecule has 0 saturated heterocycles. The fourth-order valence-electron chi connectivity index (χ4n) is 2.24. The molecular weight excluding hydrogens is 200 g/mol. The SMILES string of the molecule is Cc1cc2ncc(C3(C#N)CCC3)cn2n1. The van der Waals surface area contributed by atoms with E-state index in [0.717, 1.165) is 36.2 Å². The van der Waals surface area contributed by atoms with Crippen molar-refractivity contribution in [3.8, 4) is 6.07 Å². The smallest absolute Gasteiger partial charge is 0.155 e. The van der Waals surface area contributed by atoms with E-state index in [1.54, 1.807) is 4.52 Å². The van der Waals surface area contributed by atoms with Gasteiger partial charge in [-0.15, -0.1) is 0 Å². The second-order valence-electron chi connectivity index (χ2n) is 4.48. The minimum Gasteiger partial charge on any atom is -0.237 e. The van der Waals surface area contributed by atoms with Gasteiger partial charge in [0.2, 0.25) is 0 Å². The standard InChI is InChI=1S/C12H12N4/c1-9-5-11-14-6-10(7-16(11)15-9)12(8-13)3-2-4-12/h5-7H,2-4H2,1H3. The van der Waals surface area contributed by atoms with Crippen LogP contribution in [0, 0.1) is 18.3 Å². The van der Waals surface area contributed by atoms with Gasteiger partial charge in [0, 0.05) is 24.0 Å². The number of rotatable bonds is 1. The molecule has 0 amide bonds. The zero-order valence-corrected chi connectivity index (χ0v) is 9.14. The summed E-state index contributed by atoms with van der Waals surface area (Å²) in [6.45, 7) is 1.94. The zero-order chi connectivity index (χ0) is 11.2. The van der Waals surface area contributed by atoms with Crippen molar-refractivity contribution >= 4 is 5.65 Å². The number of nitriles is 1. The van der Waals surface area contributed by atoms with Crippen LogP contribution in [0.25, 0.3) is 5.65 Å². The molecule has 0 spiro atoms. The number of aryl methyl sites for hydroxylation is 1. The average molecular weight is 212 g/mol. The third-order valence-electron chi connectivity index (χ3n) is 3.41. The van der Waals surface area contributed by atoms with E-state index >= 15 is 0 Å². The van der Waals surface area contributed by atoms with Gasteiger partial charge in [-0.25, -0.2) is 9.50 Å². The summed E-state index contributed by atoms with van der Waals surface area (Å²) in [5, 5.41) is 13.6. The fourth-order valence-corrected chi connectivity index (χ4v) is 2.24. The van der Waals surface area contributed by atoms with Gasteiger partial charge in [0.05, 0.1) is 17.2 Å². The van der Waals surface area contributed by atoms with Gasteiger partial charge >= 0.3 is 0 Å². The summed E-state index contributed by atoms with van der Waals surface area (Å²) in [6, 6.07) is 4.36. The summed E-state index contributed by atoms with van der Waals surface area (Å²) in [4.78, 5) is 4.35. The van der Waals surface area contributed by atoms with E-state index in [1.165, 1.54) is 0 Å². The summed E-state index contributed by atoms with van der Waals surface area (Å²) < 4.78 is 1.77. The Morgan fingerprint density at radius 1 is 1.50 bits per heavy atom. The van der Waals surface area contributed by atoms with Crippen molar-refractivity contribution in [3.05, 3.63) is 29.7 Å². The first-order chi connectivity index (χ1) is 7.73. The van der Waals surface area contributed by atoms with Crippen molar-refractivity contribution in [1.29, 1.82) is 5.26 Å². The highest BCUT2D eigenvalue weighted by Crippen LogP contribution is 2.42. The minimum atomic E-state index is -0.305. The third-order valence-corrected chi connectivity index (χ3v) is 3.41. The van der Waals surface area contributed by atoms with E-state index in [1.807, 2.05) is 25.4 Å². The summed E-state index contributed by atoms with van der Waals surface area (Å²) in [5.74, 6) is 0. The van der Waals surface area contributed by atoms with Gasteiger partial charge in [-0.2, -0.15) is 10.4 Å². The van der Waals surface area contributed by atoms with Crippen molar-refractivity contribution in [2.75, 3.05) is 0 Å². The second-order valence-corrected chi connectivity index (χ2v) is 4.48. The van der Waals surface area contributed by atoms with Crippen LogP contribution in [0.2, 0.25) is 0 Å². The van der Waals surface area contributed by atoms with E-state index in [2.05, 4.69) is 16.2 Å². The molecule has 0 unspecified atom stereocenters. The Hall–Kier alpha value is -1.89. The van der Waals surface area contributed by atoms with Crippen LogP contribution in [-0.2, 0) is 5.41 Å². The molecule has 1 saturated carbocycles. The molecule has 2 aromatic heterocycles. The van der Waals surface area contributed by atoms with Gasteiger partial charge in [-0.1, -0.05) is 0 Å². The molecule has 1 fully saturated rings. The first kappa shape index (κ1) is 9.34. The normalized spacial score (nSPS) is 18.0. The first-order valence-electron chi connectivity index (χ1n) is 5.47. The lowest BCUT2D eigenvalue weighted by Crippen LogP contribution is -2.32. The van der Waals surface area contributed by atoms with E-state index < -0.39 is 0 Å². The Bertz CT molecular complexity index is 587. The summed E-state index contributed by atoms with van der Waals surface area (Å²) in [7, 11) is 0. The average Bonchev–Trinajstić information content (AvgIpc) is 2.56. The Kier molecular flexibility index (Phi) is 1.78. The number of fused-ring (bicyclic) bond motifs is 1. The van der Waals surface area contributed by atoms with Gasteiger partial charge < -0.3 is 0 Å². The quantitative estimate of drug-likeness (QED) is 0.726. The molecule has 2 aromatic rings. The van der Waals surface area contributed by atoms with Gasteiger partial charge in [-0.3, -0.25) is 0 Å². The molecule has 4 heteroatoms. The number of nitrogens with zero attached hydrogens (tertiary/aromatic N) is 4. The van der Waals surface area contributed by atoms with Crippen LogP contribution in [0.1, 0.15) is 30.5 Å². The highest BCUT2D eigenvalue weighted by molar-refractivity contribution is 5.42. The fraction of sp³-hybridized carbons (Fsp3) is 0.417. The van der Waals surface area contributed by atoms with E-state index in [0.29, 0.717) is 0 Å². The molecule has 80 valence electrons. The van der Waals surface area contributed by atoms with Crippen molar-refractivity contribution in [2.24, 2.45) is 0 Å². The Morgan fingerprint density at radius 2 is 2.31 bits per heavy atom. The van der Waals surface area contributed by atoms with Crippen molar-refractivity contribution < 1.29 is 0 Å². The molecule has 0 atom stereocenters. The third kappa shape index (κ3) is 1.15. The van der Waals surface area contributed by atoms with Crippen LogP contribution >= 0.6 is 0 Å². The monoisotopic (exact) mass is 212 g/mol. The van der Waals surface area contributed by atoms with E-state index in [4.69, 9.17) is 0 Å². The van der Waals surface area contributed by atoms with Crippen LogP contribution in [0.5, 0.6) is 0 Å². The lowest BCUT2D eigenvalue weighted by atomic mass is 9.66. The van der Waals surface area contributed by atoms with E-state index in [-0.39, 0.29) is 5.41 Å². The maximum atomic E-state index is 9.26. The number of aromatic nitrogens is 3. The molecule has 3 rings (SSSR count). The Morgan fingerprint density at radius 3 is 2.94 bits per heavy atom. The van der Waals surface area contributed by atoms with Crippen molar-refractivity contribution in [1.82, 2.24) is 14.6 Å². The van der Waals surface area contributed by atoms with Gasteiger partial charge in [0.15, 0.2) is 5.65 Å². The molecule has 0 radical (unpaired) electrons. The number of hydrogen-bond acceptors (Lipinski definition) is 3. The van der Waals surface area contributed by atoms with Crippen LogP contribution < -0.4 is 0 Å². The van der Waals surface area contributed by atoms with Gasteiger partial charge in [0.25, 0.3) is 0 Å². The highest BCUT2D eigenvalue weighted by atomic mass is 15.2. The molecular formula is C12H12N4. The predicted octanol–water partition coefficient (Wildman–Crippen LogP) is 1.98. The van der Waals surface area contributed by atoms with Gasteiger partial charge in [-0.05, 0) is 26.2 Å². The molecule has 1 aliphatic rings. The summed E-state index contributed by atoms with van der Waals surface area (Å²) in [6.07, 6.45) is 6.77. The molecule has 4 nitrogen and oxygen atoms in total. The molecule has 0 bridgehead atoms. The van der Waals surface area contributed by atoms with Crippen LogP contribution in [0.15, 0.2) is 18.5 Å². The molecule has 0 aromatic carbocycles. The summed E-state index contributed by atoms with van der Waals surface area (Å²) >= 11 is 0. The Labute approximate surface area is 93.5 Å². The van der Waals surface area contributed by atoms with Crippen molar-refractivity contribution in [3.63, 3.8) is 0 Å². The van der Waals surface area contributed by atoms with Crippen LogP contribution in [0.3, 0.4) is 0 Å². The topological polar surface area (TPSA) is 54.0 Å². The number of hydrogen-bond donors (Lipinski definition) is 0. The first-order valence-corrected chi connectivity index (χ1v) is 5.47. The zero-order valence-electron chi connectivity index (χ0n) is 9.14. The molecule has 2 heterocycles. The molecule has 16 heavy (non-hydrogen) atoms. The highest BCUT2D eigenvalue weighted by Gasteiger charge is 2.39.